The third kappa shape index (κ3) is 3.18. The smallest absolute Gasteiger partial charge is 0.220 e. The van der Waals surface area contributed by atoms with Crippen molar-refractivity contribution in [2.24, 2.45) is 5.92 Å². The summed E-state index contributed by atoms with van der Waals surface area (Å²) in [4.78, 5) is 11.6. The Labute approximate surface area is 90.4 Å². The van der Waals surface area contributed by atoms with Gasteiger partial charge in [0, 0.05) is 12.5 Å². The van der Waals surface area contributed by atoms with Gasteiger partial charge in [0.2, 0.25) is 5.91 Å². The van der Waals surface area contributed by atoms with Crippen LogP contribution in [0.1, 0.15) is 32.1 Å². The molecule has 4 nitrogen and oxygen atoms in total. The zero-order chi connectivity index (χ0) is 10.7. The monoisotopic (exact) mass is 212 g/mol. The van der Waals surface area contributed by atoms with Gasteiger partial charge < -0.3 is 15.7 Å². The zero-order valence-corrected chi connectivity index (χ0v) is 9.04. The summed E-state index contributed by atoms with van der Waals surface area (Å²) >= 11 is 0. The van der Waals surface area contributed by atoms with Crippen molar-refractivity contribution in [2.45, 2.75) is 44.2 Å². The highest BCUT2D eigenvalue weighted by atomic mass is 16.3. The Bertz CT molecular complexity index is 221. The van der Waals surface area contributed by atoms with Gasteiger partial charge in [-0.05, 0) is 44.7 Å². The predicted octanol–water partition coefficient (Wildman–Crippen LogP) is 0.0156. The fourth-order valence-electron chi connectivity index (χ4n) is 2.26. The molecule has 0 atom stereocenters. The summed E-state index contributed by atoms with van der Waals surface area (Å²) in [5, 5.41) is 15.6. The van der Waals surface area contributed by atoms with Crippen LogP contribution in [0.4, 0.5) is 0 Å². The van der Waals surface area contributed by atoms with Gasteiger partial charge in [0.15, 0.2) is 0 Å². The van der Waals surface area contributed by atoms with Gasteiger partial charge >= 0.3 is 0 Å². The summed E-state index contributed by atoms with van der Waals surface area (Å²) in [5.74, 6) is 0.724. The highest BCUT2D eigenvalue weighted by molar-refractivity contribution is 5.76. The second-order valence-electron chi connectivity index (χ2n) is 4.80. The van der Waals surface area contributed by atoms with Crippen LogP contribution in [0.15, 0.2) is 0 Å². The third-order valence-corrected chi connectivity index (χ3v) is 3.40. The van der Waals surface area contributed by atoms with Crippen molar-refractivity contribution in [3.8, 4) is 0 Å². The molecule has 2 aliphatic rings. The molecule has 0 aromatic heterocycles. The van der Waals surface area contributed by atoms with Gasteiger partial charge in [-0.25, -0.2) is 0 Å². The first-order valence-corrected chi connectivity index (χ1v) is 5.92. The van der Waals surface area contributed by atoms with E-state index < -0.39 is 0 Å². The summed E-state index contributed by atoms with van der Waals surface area (Å²) in [5.41, 5.74) is 0. The molecule has 86 valence electrons. The van der Waals surface area contributed by atoms with Gasteiger partial charge in [-0.15, -0.1) is 0 Å². The largest absolute Gasteiger partial charge is 0.393 e. The van der Waals surface area contributed by atoms with Gasteiger partial charge in [0.25, 0.3) is 0 Å². The number of aliphatic hydroxyl groups excluding tert-OH is 1. The van der Waals surface area contributed by atoms with Crippen molar-refractivity contribution in [3.05, 3.63) is 0 Å². The number of rotatable bonds is 3. The lowest BCUT2D eigenvalue weighted by molar-refractivity contribution is -0.123. The lowest BCUT2D eigenvalue weighted by Gasteiger charge is -2.29. The van der Waals surface area contributed by atoms with E-state index in [1.165, 1.54) is 0 Å². The Hall–Kier alpha value is -0.610. The van der Waals surface area contributed by atoms with Crippen molar-refractivity contribution in [3.63, 3.8) is 0 Å². The molecule has 0 spiro atoms. The number of hydrogen-bond donors (Lipinski definition) is 3. The topological polar surface area (TPSA) is 61.4 Å². The maximum Gasteiger partial charge on any atom is 0.220 e. The van der Waals surface area contributed by atoms with E-state index in [-0.39, 0.29) is 12.0 Å². The third-order valence-electron chi connectivity index (χ3n) is 3.40. The van der Waals surface area contributed by atoms with Gasteiger partial charge in [0.1, 0.15) is 0 Å². The van der Waals surface area contributed by atoms with Crippen molar-refractivity contribution >= 4 is 5.91 Å². The Balaban J connectivity index is 1.64. The second kappa shape index (κ2) is 4.94. The van der Waals surface area contributed by atoms with Crippen molar-refractivity contribution < 1.29 is 9.90 Å². The molecule has 1 heterocycles. The number of nitrogens with one attached hydrogen (secondary N) is 2. The van der Waals surface area contributed by atoms with Crippen LogP contribution in [0, 0.1) is 5.92 Å². The summed E-state index contributed by atoms with van der Waals surface area (Å²) in [6, 6.07) is 0.300. The lowest BCUT2D eigenvalue weighted by Crippen LogP contribution is -2.46. The number of aliphatic hydroxyl groups is 1. The van der Waals surface area contributed by atoms with E-state index in [0.717, 1.165) is 38.8 Å². The van der Waals surface area contributed by atoms with Crippen LogP contribution in [0.5, 0.6) is 0 Å². The molecular formula is C11H20N2O2. The van der Waals surface area contributed by atoms with Crippen molar-refractivity contribution in [1.29, 1.82) is 0 Å². The Morgan fingerprint density at radius 1 is 1.27 bits per heavy atom. The maximum atomic E-state index is 11.6. The lowest BCUT2D eigenvalue weighted by atomic mass is 9.92. The number of hydrogen-bond acceptors (Lipinski definition) is 3. The molecular weight excluding hydrogens is 192 g/mol. The summed E-state index contributed by atoms with van der Waals surface area (Å²) < 4.78 is 0. The molecule has 1 amide bonds. The van der Waals surface area contributed by atoms with Crippen LogP contribution in [0.3, 0.4) is 0 Å². The first-order valence-electron chi connectivity index (χ1n) is 5.92. The minimum Gasteiger partial charge on any atom is -0.393 e. The normalized spacial score (nSPS) is 32.1. The molecule has 1 saturated carbocycles. The molecule has 0 aromatic carbocycles. The van der Waals surface area contributed by atoms with E-state index in [4.69, 9.17) is 0 Å². The molecule has 1 aliphatic carbocycles. The Morgan fingerprint density at radius 2 is 1.93 bits per heavy atom. The van der Waals surface area contributed by atoms with E-state index in [1.807, 2.05) is 0 Å². The highest BCUT2D eigenvalue weighted by Gasteiger charge is 2.24. The van der Waals surface area contributed by atoms with Crippen LogP contribution in [-0.4, -0.2) is 36.2 Å². The highest BCUT2D eigenvalue weighted by Crippen LogP contribution is 2.18. The van der Waals surface area contributed by atoms with E-state index in [1.54, 1.807) is 0 Å². The van der Waals surface area contributed by atoms with Crippen molar-refractivity contribution in [2.75, 3.05) is 13.1 Å². The first kappa shape index (κ1) is 10.9. The Morgan fingerprint density at radius 3 is 2.47 bits per heavy atom. The number of carbonyl (C=O) groups excluding carboxylic acids is 1. The molecule has 2 fully saturated rings. The first-order chi connectivity index (χ1) is 7.24. The minimum atomic E-state index is -0.144. The van der Waals surface area contributed by atoms with Gasteiger partial charge in [-0.2, -0.15) is 0 Å². The molecule has 0 unspecified atom stereocenters. The van der Waals surface area contributed by atoms with Gasteiger partial charge in [-0.3, -0.25) is 4.79 Å². The minimum absolute atomic E-state index is 0.144. The van der Waals surface area contributed by atoms with Crippen LogP contribution in [0.25, 0.3) is 0 Å². The van der Waals surface area contributed by atoms with Crippen molar-refractivity contribution in [1.82, 2.24) is 10.6 Å². The molecule has 0 radical (unpaired) electrons. The van der Waals surface area contributed by atoms with E-state index in [9.17, 15) is 9.90 Å². The zero-order valence-electron chi connectivity index (χ0n) is 9.04. The van der Waals surface area contributed by atoms with Gasteiger partial charge in [-0.1, -0.05) is 0 Å². The van der Waals surface area contributed by atoms with Gasteiger partial charge in [0.05, 0.1) is 6.10 Å². The molecule has 1 aliphatic heterocycles. The molecule has 3 N–H and O–H groups in total. The second-order valence-corrected chi connectivity index (χ2v) is 4.80. The average Bonchev–Trinajstić information content (AvgIpc) is 2.16. The summed E-state index contributed by atoms with van der Waals surface area (Å²) in [6.07, 6.45) is 4.03. The Kier molecular flexibility index (Phi) is 3.59. The van der Waals surface area contributed by atoms with E-state index in [2.05, 4.69) is 10.6 Å². The fraction of sp³-hybridized carbons (Fsp3) is 0.909. The van der Waals surface area contributed by atoms with Crippen LogP contribution in [0.2, 0.25) is 0 Å². The van der Waals surface area contributed by atoms with E-state index >= 15 is 0 Å². The SMILES string of the molecule is O=C(CC1CNC1)NC1CCC(O)CC1. The standard InChI is InChI=1S/C11H20N2O2/c14-10-3-1-9(2-4-10)13-11(15)5-8-6-12-7-8/h8-10,12,14H,1-7H2,(H,13,15). The number of amides is 1. The molecule has 1 saturated heterocycles. The summed E-state index contributed by atoms with van der Waals surface area (Å²) in [6.45, 7) is 1.97. The molecule has 4 heteroatoms. The predicted molar refractivity (Wildman–Crippen MR) is 57.4 cm³/mol. The van der Waals surface area contributed by atoms with E-state index in [0.29, 0.717) is 18.4 Å². The average molecular weight is 212 g/mol. The fourth-order valence-corrected chi connectivity index (χ4v) is 2.26. The molecule has 0 bridgehead atoms. The molecule has 15 heavy (non-hydrogen) atoms. The number of carbonyl (C=O) groups is 1. The van der Waals surface area contributed by atoms with Crippen LogP contribution in [-0.2, 0) is 4.79 Å². The molecule has 0 aromatic rings. The summed E-state index contributed by atoms with van der Waals surface area (Å²) in [7, 11) is 0. The maximum absolute atomic E-state index is 11.6. The van der Waals surface area contributed by atoms with Crippen LogP contribution >= 0.6 is 0 Å². The molecule has 2 rings (SSSR count). The van der Waals surface area contributed by atoms with Crippen LogP contribution < -0.4 is 10.6 Å². The quantitative estimate of drug-likeness (QED) is 0.618.